The van der Waals surface area contributed by atoms with Crippen molar-refractivity contribution in [1.82, 2.24) is 9.80 Å². The summed E-state index contributed by atoms with van der Waals surface area (Å²) >= 11 is 0. The highest BCUT2D eigenvalue weighted by Gasteiger charge is 2.19. The van der Waals surface area contributed by atoms with Crippen molar-refractivity contribution >= 4 is 0 Å². The van der Waals surface area contributed by atoms with E-state index in [-0.39, 0.29) is 5.82 Å². The number of rotatable bonds is 6. The molecule has 0 aromatic heterocycles. The van der Waals surface area contributed by atoms with Crippen LogP contribution in [0, 0.1) is 11.7 Å². The maximum absolute atomic E-state index is 14.0. The maximum Gasteiger partial charge on any atom is 0.131 e. The molecule has 1 atom stereocenters. The van der Waals surface area contributed by atoms with Gasteiger partial charge in [0.1, 0.15) is 11.6 Å². The van der Waals surface area contributed by atoms with Gasteiger partial charge in [-0.05, 0) is 18.5 Å². The molecule has 1 heterocycles. The van der Waals surface area contributed by atoms with Gasteiger partial charge >= 0.3 is 0 Å². The van der Waals surface area contributed by atoms with Gasteiger partial charge in [-0.3, -0.25) is 4.90 Å². The van der Waals surface area contributed by atoms with E-state index in [1.807, 2.05) is 12.1 Å². The highest BCUT2D eigenvalue weighted by atomic mass is 19.1. The molecular formula is C16H26FN3O. The first-order chi connectivity index (χ1) is 10.1. The van der Waals surface area contributed by atoms with E-state index in [1.165, 1.54) is 6.07 Å². The van der Waals surface area contributed by atoms with Crippen LogP contribution in [0.4, 0.5) is 4.39 Å². The Morgan fingerprint density at radius 3 is 2.48 bits per heavy atom. The average Bonchev–Trinajstić information content (AvgIpc) is 2.51. The molecule has 5 heteroatoms. The number of nitrogens with two attached hydrogens (primary N) is 1. The molecule has 21 heavy (non-hydrogen) atoms. The summed E-state index contributed by atoms with van der Waals surface area (Å²) in [4.78, 5) is 4.74. The minimum absolute atomic E-state index is 0.187. The molecular weight excluding hydrogens is 269 g/mol. The molecule has 0 bridgehead atoms. The van der Waals surface area contributed by atoms with E-state index < -0.39 is 0 Å². The Morgan fingerprint density at radius 2 is 1.90 bits per heavy atom. The van der Waals surface area contributed by atoms with E-state index in [0.29, 0.717) is 18.2 Å². The third-order valence-corrected chi connectivity index (χ3v) is 4.09. The molecule has 1 aliphatic rings. The summed E-state index contributed by atoms with van der Waals surface area (Å²) in [6.45, 7) is 8.64. The van der Waals surface area contributed by atoms with Gasteiger partial charge in [0, 0.05) is 50.9 Å². The Bertz CT molecular complexity index is 447. The van der Waals surface area contributed by atoms with Crippen LogP contribution in [0.5, 0.6) is 5.75 Å². The number of halogens is 1. The lowest BCUT2D eigenvalue weighted by Crippen LogP contribution is -2.47. The standard InChI is InChI=1S/C16H26FN3O/c1-13(10-18)11-19-5-7-20(8-6-19)12-14-3-4-15(21-2)9-16(14)17/h3-4,9,13H,5-8,10-12,18H2,1-2H3. The predicted molar refractivity (Wildman–Crippen MR) is 82.9 cm³/mol. The summed E-state index contributed by atoms with van der Waals surface area (Å²) in [6.07, 6.45) is 0. The van der Waals surface area contributed by atoms with E-state index in [4.69, 9.17) is 10.5 Å². The van der Waals surface area contributed by atoms with Gasteiger partial charge < -0.3 is 15.4 Å². The topological polar surface area (TPSA) is 41.7 Å². The molecule has 1 aromatic rings. The number of ether oxygens (including phenoxy) is 1. The lowest BCUT2D eigenvalue weighted by molar-refractivity contribution is 0.115. The molecule has 0 spiro atoms. The summed E-state index contributed by atoms with van der Waals surface area (Å²) in [5, 5.41) is 0. The molecule has 118 valence electrons. The summed E-state index contributed by atoms with van der Waals surface area (Å²) in [6, 6.07) is 5.09. The second kappa shape index (κ2) is 7.73. The first-order valence-corrected chi connectivity index (χ1v) is 7.59. The van der Waals surface area contributed by atoms with Crippen LogP contribution in [0.15, 0.2) is 18.2 Å². The van der Waals surface area contributed by atoms with Gasteiger partial charge in [-0.2, -0.15) is 0 Å². The van der Waals surface area contributed by atoms with Gasteiger partial charge in [0.25, 0.3) is 0 Å². The molecule has 1 aromatic carbocycles. The van der Waals surface area contributed by atoms with Crippen LogP contribution in [-0.4, -0.2) is 56.2 Å². The monoisotopic (exact) mass is 295 g/mol. The number of methoxy groups -OCH3 is 1. The maximum atomic E-state index is 14.0. The fourth-order valence-corrected chi connectivity index (χ4v) is 2.67. The first-order valence-electron chi connectivity index (χ1n) is 7.59. The first kappa shape index (κ1) is 16.2. The van der Waals surface area contributed by atoms with E-state index in [1.54, 1.807) is 7.11 Å². The zero-order chi connectivity index (χ0) is 15.2. The minimum atomic E-state index is -0.187. The normalized spacial score (nSPS) is 18.7. The fourth-order valence-electron chi connectivity index (χ4n) is 2.67. The van der Waals surface area contributed by atoms with Crippen molar-refractivity contribution in [1.29, 1.82) is 0 Å². The third-order valence-electron chi connectivity index (χ3n) is 4.09. The number of piperazine rings is 1. The van der Waals surface area contributed by atoms with Gasteiger partial charge in [0.2, 0.25) is 0 Å². The number of hydrogen-bond donors (Lipinski definition) is 1. The lowest BCUT2D eigenvalue weighted by atomic mass is 10.1. The Hall–Kier alpha value is -1.17. The summed E-state index contributed by atoms with van der Waals surface area (Å²) in [5.41, 5.74) is 6.41. The smallest absolute Gasteiger partial charge is 0.131 e. The molecule has 4 nitrogen and oxygen atoms in total. The van der Waals surface area contributed by atoms with Gasteiger partial charge in [-0.1, -0.05) is 13.0 Å². The summed E-state index contributed by atoms with van der Waals surface area (Å²) in [5.74, 6) is 0.918. The van der Waals surface area contributed by atoms with Gasteiger partial charge in [0.15, 0.2) is 0 Å². The highest BCUT2D eigenvalue weighted by molar-refractivity contribution is 5.28. The molecule has 1 fully saturated rings. The highest BCUT2D eigenvalue weighted by Crippen LogP contribution is 2.18. The van der Waals surface area contributed by atoms with Crippen molar-refractivity contribution in [3.8, 4) is 5.75 Å². The summed E-state index contributed by atoms with van der Waals surface area (Å²) in [7, 11) is 1.55. The molecule has 2 N–H and O–H groups in total. The Labute approximate surface area is 126 Å². The third kappa shape index (κ3) is 4.66. The van der Waals surface area contributed by atoms with E-state index >= 15 is 0 Å². The molecule has 0 amide bonds. The molecule has 0 radical (unpaired) electrons. The second-order valence-corrected chi connectivity index (χ2v) is 5.87. The Balaban J connectivity index is 1.83. The molecule has 1 aliphatic heterocycles. The van der Waals surface area contributed by atoms with Crippen LogP contribution < -0.4 is 10.5 Å². The van der Waals surface area contributed by atoms with Gasteiger partial charge in [-0.25, -0.2) is 4.39 Å². The Morgan fingerprint density at radius 1 is 1.24 bits per heavy atom. The van der Waals surface area contributed by atoms with Crippen LogP contribution >= 0.6 is 0 Å². The van der Waals surface area contributed by atoms with Crippen LogP contribution in [0.1, 0.15) is 12.5 Å². The van der Waals surface area contributed by atoms with E-state index in [9.17, 15) is 4.39 Å². The lowest BCUT2D eigenvalue weighted by Gasteiger charge is -2.35. The van der Waals surface area contributed by atoms with E-state index in [0.717, 1.165) is 44.8 Å². The van der Waals surface area contributed by atoms with Crippen LogP contribution in [0.25, 0.3) is 0 Å². The zero-order valence-electron chi connectivity index (χ0n) is 13.0. The van der Waals surface area contributed by atoms with Gasteiger partial charge in [0.05, 0.1) is 7.11 Å². The van der Waals surface area contributed by atoms with Crippen LogP contribution in [0.2, 0.25) is 0 Å². The van der Waals surface area contributed by atoms with Crippen molar-refractivity contribution in [2.45, 2.75) is 13.5 Å². The quantitative estimate of drug-likeness (QED) is 0.864. The zero-order valence-corrected chi connectivity index (χ0v) is 13.0. The number of benzene rings is 1. The SMILES string of the molecule is COc1ccc(CN2CCN(CC(C)CN)CC2)c(F)c1. The van der Waals surface area contributed by atoms with Gasteiger partial charge in [-0.15, -0.1) is 0 Å². The van der Waals surface area contributed by atoms with E-state index in [2.05, 4.69) is 16.7 Å². The molecule has 1 unspecified atom stereocenters. The average molecular weight is 295 g/mol. The number of nitrogens with zero attached hydrogens (tertiary/aromatic N) is 2. The van der Waals surface area contributed by atoms with Crippen molar-refractivity contribution in [3.05, 3.63) is 29.6 Å². The summed E-state index contributed by atoms with van der Waals surface area (Å²) < 4.78 is 19.0. The fraction of sp³-hybridized carbons (Fsp3) is 0.625. The van der Waals surface area contributed by atoms with Crippen molar-refractivity contribution in [3.63, 3.8) is 0 Å². The van der Waals surface area contributed by atoms with Crippen molar-refractivity contribution in [2.24, 2.45) is 11.7 Å². The largest absolute Gasteiger partial charge is 0.497 e. The predicted octanol–water partition coefficient (Wildman–Crippen LogP) is 1.55. The molecule has 2 rings (SSSR count). The molecule has 1 saturated heterocycles. The molecule has 0 saturated carbocycles. The molecule has 0 aliphatic carbocycles. The van der Waals surface area contributed by atoms with Crippen molar-refractivity contribution in [2.75, 3.05) is 46.4 Å². The van der Waals surface area contributed by atoms with Crippen LogP contribution in [-0.2, 0) is 6.54 Å². The second-order valence-electron chi connectivity index (χ2n) is 5.87. The number of hydrogen-bond acceptors (Lipinski definition) is 4. The Kier molecular flexibility index (Phi) is 5.96. The van der Waals surface area contributed by atoms with Crippen molar-refractivity contribution < 1.29 is 9.13 Å². The minimum Gasteiger partial charge on any atom is -0.497 e. The van der Waals surface area contributed by atoms with Crippen LogP contribution in [0.3, 0.4) is 0 Å².